The maximum Gasteiger partial charge on any atom is 0.231 e. The molecule has 150 valence electrons. The highest BCUT2D eigenvalue weighted by atomic mass is 16.7. The molecule has 0 spiro atoms. The van der Waals surface area contributed by atoms with E-state index in [1.165, 1.54) is 17.5 Å². The van der Waals surface area contributed by atoms with Gasteiger partial charge >= 0.3 is 0 Å². The van der Waals surface area contributed by atoms with Crippen LogP contribution in [0, 0.1) is 13.8 Å². The van der Waals surface area contributed by atoms with Gasteiger partial charge in [-0.3, -0.25) is 0 Å². The number of nitrogens with one attached hydrogen (secondary N) is 1. The van der Waals surface area contributed by atoms with Crippen LogP contribution in [0.4, 0.5) is 5.69 Å². The molecule has 1 N–H and O–H groups in total. The van der Waals surface area contributed by atoms with E-state index in [0.717, 1.165) is 54.4 Å². The lowest BCUT2D eigenvalue weighted by Gasteiger charge is -2.38. The molecule has 2 heterocycles. The molecule has 0 bridgehead atoms. The van der Waals surface area contributed by atoms with Gasteiger partial charge < -0.3 is 14.8 Å². The van der Waals surface area contributed by atoms with Crippen LogP contribution in [0.3, 0.4) is 0 Å². The first kappa shape index (κ1) is 18.0. The number of benzene rings is 2. The highest BCUT2D eigenvalue weighted by Gasteiger charge is 2.39. The summed E-state index contributed by atoms with van der Waals surface area (Å²) in [5, 5.41) is 16.7. The van der Waals surface area contributed by atoms with E-state index >= 15 is 0 Å². The quantitative estimate of drug-likeness (QED) is 0.716. The summed E-state index contributed by atoms with van der Waals surface area (Å²) in [6.07, 6.45) is 5.51. The summed E-state index contributed by atoms with van der Waals surface area (Å²) in [4.78, 5) is 0. The molecule has 2 aromatic carbocycles. The number of rotatable bonds is 4. The molecule has 0 saturated heterocycles. The Morgan fingerprint density at radius 2 is 1.79 bits per heavy atom. The molecule has 2 aliphatic rings. The van der Waals surface area contributed by atoms with Crippen molar-refractivity contribution in [3.8, 4) is 17.2 Å². The monoisotopic (exact) mass is 391 g/mol. The zero-order valence-electron chi connectivity index (χ0n) is 16.8. The van der Waals surface area contributed by atoms with Gasteiger partial charge in [-0.05, 0) is 60.9 Å². The maximum absolute atomic E-state index is 5.55. The topological polar surface area (TPSA) is 74.1 Å². The van der Waals surface area contributed by atoms with Crippen molar-refractivity contribution in [1.29, 1.82) is 0 Å². The van der Waals surface area contributed by atoms with Gasteiger partial charge in [0.1, 0.15) is 0 Å². The average molecular weight is 391 g/mol. The number of nitrogens with zero attached hydrogens (tertiary/aromatic N) is 4. The van der Waals surface area contributed by atoms with Crippen molar-refractivity contribution in [2.45, 2.75) is 51.5 Å². The summed E-state index contributed by atoms with van der Waals surface area (Å²) in [7, 11) is 0. The van der Waals surface area contributed by atoms with E-state index in [4.69, 9.17) is 9.47 Å². The minimum Gasteiger partial charge on any atom is -0.454 e. The number of tetrazole rings is 1. The Labute approximate surface area is 170 Å². The normalized spacial score (nSPS) is 17.3. The zero-order valence-corrected chi connectivity index (χ0v) is 16.8. The fraction of sp³-hybridized carbons (Fsp3) is 0.409. The fourth-order valence-electron chi connectivity index (χ4n) is 4.45. The van der Waals surface area contributed by atoms with Crippen molar-refractivity contribution < 1.29 is 9.47 Å². The van der Waals surface area contributed by atoms with Crippen LogP contribution in [0.25, 0.3) is 5.69 Å². The Hall–Kier alpha value is -3.09. The SMILES string of the molecule is Cc1ccc(NC2(c3nnnn3-c3ccc4c(c3)OCO4)CCCCC2)c(C)c1. The van der Waals surface area contributed by atoms with Crippen LogP contribution in [-0.2, 0) is 5.54 Å². The van der Waals surface area contributed by atoms with Crippen molar-refractivity contribution in [3.63, 3.8) is 0 Å². The van der Waals surface area contributed by atoms with Gasteiger partial charge in [-0.25, -0.2) is 0 Å². The molecule has 7 nitrogen and oxygen atoms in total. The van der Waals surface area contributed by atoms with Crippen LogP contribution < -0.4 is 14.8 Å². The van der Waals surface area contributed by atoms with Gasteiger partial charge in [-0.2, -0.15) is 4.68 Å². The van der Waals surface area contributed by atoms with E-state index in [-0.39, 0.29) is 12.3 Å². The van der Waals surface area contributed by atoms with Crippen LogP contribution in [0.5, 0.6) is 11.5 Å². The van der Waals surface area contributed by atoms with Crippen molar-refractivity contribution in [2.75, 3.05) is 12.1 Å². The lowest BCUT2D eigenvalue weighted by molar-refractivity contribution is 0.174. The fourth-order valence-corrected chi connectivity index (χ4v) is 4.45. The van der Waals surface area contributed by atoms with E-state index in [1.807, 2.05) is 22.9 Å². The molecule has 1 saturated carbocycles. The van der Waals surface area contributed by atoms with Crippen LogP contribution in [0.2, 0.25) is 0 Å². The minimum absolute atomic E-state index is 0.249. The molecule has 1 aliphatic carbocycles. The average Bonchev–Trinajstić information content (AvgIpc) is 3.40. The Kier molecular flexibility index (Phi) is 4.38. The predicted octanol–water partition coefficient (Wildman–Crippen LogP) is 4.28. The highest BCUT2D eigenvalue weighted by Crippen LogP contribution is 2.41. The van der Waals surface area contributed by atoms with Gasteiger partial charge in [-0.1, -0.05) is 37.0 Å². The molecule has 0 radical (unpaired) electrons. The number of hydrogen-bond acceptors (Lipinski definition) is 6. The summed E-state index contributed by atoms with van der Waals surface area (Å²) in [6, 6.07) is 12.3. The molecular weight excluding hydrogens is 366 g/mol. The van der Waals surface area contributed by atoms with Crippen LogP contribution in [-0.4, -0.2) is 27.0 Å². The van der Waals surface area contributed by atoms with Gasteiger partial charge in [0.25, 0.3) is 0 Å². The van der Waals surface area contributed by atoms with E-state index in [1.54, 1.807) is 0 Å². The number of fused-ring (bicyclic) bond motifs is 1. The largest absolute Gasteiger partial charge is 0.454 e. The number of ether oxygens (including phenoxy) is 2. The lowest BCUT2D eigenvalue weighted by atomic mass is 9.80. The van der Waals surface area contributed by atoms with Gasteiger partial charge in [0.05, 0.1) is 11.2 Å². The first-order valence-corrected chi connectivity index (χ1v) is 10.2. The number of aromatic nitrogens is 4. The third-order valence-electron chi connectivity index (χ3n) is 5.96. The second-order valence-corrected chi connectivity index (χ2v) is 8.04. The van der Waals surface area contributed by atoms with E-state index in [9.17, 15) is 0 Å². The summed E-state index contributed by atoms with van der Waals surface area (Å²) in [5.74, 6) is 2.32. The Balaban J connectivity index is 1.57. The third kappa shape index (κ3) is 3.20. The van der Waals surface area contributed by atoms with Gasteiger partial charge in [0.15, 0.2) is 17.3 Å². The van der Waals surface area contributed by atoms with Gasteiger partial charge in [0.2, 0.25) is 6.79 Å². The molecule has 0 unspecified atom stereocenters. The van der Waals surface area contributed by atoms with E-state index < -0.39 is 0 Å². The number of anilines is 1. The van der Waals surface area contributed by atoms with Crippen molar-refractivity contribution in [1.82, 2.24) is 20.2 Å². The standard InChI is InChI=1S/C22H25N5O2/c1-15-6-8-18(16(2)12-15)23-22(10-4-3-5-11-22)21-24-25-26-27(21)17-7-9-19-20(13-17)29-14-28-19/h6-9,12-13,23H,3-5,10-11,14H2,1-2H3. The maximum atomic E-state index is 5.55. The molecule has 0 atom stereocenters. The number of hydrogen-bond donors (Lipinski definition) is 1. The zero-order chi connectivity index (χ0) is 19.8. The Bertz CT molecular complexity index is 1040. The van der Waals surface area contributed by atoms with Crippen molar-refractivity contribution >= 4 is 5.69 Å². The molecule has 1 aliphatic heterocycles. The minimum atomic E-state index is -0.307. The first-order valence-electron chi connectivity index (χ1n) is 10.2. The smallest absolute Gasteiger partial charge is 0.231 e. The second-order valence-electron chi connectivity index (χ2n) is 8.04. The predicted molar refractivity (Wildman–Crippen MR) is 110 cm³/mol. The summed E-state index contributed by atoms with van der Waals surface area (Å²) >= 11 is 0. The van der Waals surface area contributed by atoms with Crippen molar-refractivity contribution in [3.05, 3.63) is 53.3 Å². The van der Waals surface area contributed by atoms with Crippen LogP contribution >= 0.6 is 0 Å². The molecule has 1 fully saturated rings. The molecule has 5 rings (SSSR count). The lowest BCUT2D eigenvalue weighted by Crippen LogP contribution is -2.40. The summed E-state index contributed by atoms with van der Waals surface area (Å²) < 4.78 is 12.8. The summed E-state index contributed by atoms with van der Waals surface area (Å²) in [6.45, 7) is 4.51. The molecule has 3 aromatic rings. The molecule has 29 heavy (non-hydrogen) atoms. The Morgan fingerprint density at radius 1 is 0.966 bits per heavy atom. The Morgan fingerprint density at radius 3 is 2.62 bits per heavy atom. The molecule has 1 aromatic heterocycles. The highest BCUT2D eigenvalue weighted by molar-refractivity contribution is 5.55. The van der Waals surface area contributed by atoms with Crippen LogP contribution in [0.1, 0.15) is 49.1 Å². The van der Waals surface area contributed by atoms with E-state index in [0.29, 0.717) is 0 Å². The van der Waals surface area contributed by atoms with Gasteiger partial charge in [-0.15, -0.1) is 5.10 Å². The third-order valence-corrected chi connectivity index (χ3v) is 5.96. The van der Waals surface area contributed by atoms with Crippen LogP contribution in [0.15, 0.2) is 36.4 Å². The van der Waals surface area contributed by atoms with Crippen molar-refractivity contribution in [2.24, 2.45) is 0 Å². The molecule has 0 amide bonds. The second kappa shape index (κ2) is 7.06. The van der Waals surface area contributed by atoms with Gasteiger partial charge in [0, 0.05) is 11.8 Å². The molecular formula is C22H25N5O2. The first-order chi connectivity index (χ1) is 14.1. The van der Waals surface area contributed by atoms with E-state index in [2.05, 4.69) is 52.9 Å². The summed E-state index contributed by atoms with van der Waals surface area (Å²) in [5.41, 5.74) is 4.20. The number of aryl methyl sites for hydroxylation is 2. The molecule has 7 heteroatoms.